The highest BCUT2D eigenvalue weighted by molar-refractivity contribution is 7.73. The number of hydrogen-bond acceptors (Lipinski definition) is 0. The molecular formula is C22H29P. The Labute approximate surface area is 143 Å². The minimum Gasteiger partial charge on any atom is -0.0625 e. The van der Waals surface area contributed by atoms with Crippen LogP contribution in [0.1, 0.15) is 40.0 Å². The van der Waals surface area contributed by atoms with Crippen molar-refractivity contribution in [2.45, 2.75) is 45.7 Å². The first-order valence-corrected chi connectivity index (χ1v) is 10.5. The van der Waals surface area contributed by atoms with Crippen molar-refractivity contribution in [1.29, 1.82) is 0 Å². The Balaban J connectivity index is 2.03. The first kappa shape index (κ1) is 16.7. The fourth-order valence-electron chi connectivity index (χ4n) is 4.16. The van der Waals surface area contributed by atoms with Crippen molar-refractivity contribution in [2.75, 3.05) is 0 Å². The number of benzene rings is 2. The van der Waals surface area contributed by atoms with E-state index in [1.807, 2.05) is 0 Å². The maximum Gasteiger partial charge on any atom is -0.00955 e. The van der Waals surface area contributed by atoms with Crippen molar-refractivity contribution < 1.29 is 0 Å². The number of hydrogen-bond donors (Lipinski definition) is 0. The third-order valence-electron chi connectivity index (χ3n) is 5.39. The fraction of sp³-hybridized carbons (Fsp3) is 0.455. The molecule has 0 unspecified atom stereocenters. The first-order valence-electron chi connectivity index (χ1n) is 9.06. The molecule has 0 heterocycles. The van der Waals surface area contributed by atoms with Gasteiger partial charge in [0.15, 0.2) is 0 Å². The minimum atomic E-state index is -0.267. The highest BCUT2D eigenvalue weighted by atomic mass is 31.1. The van der Waals surface area contributed by atoms with Crippen LogP contribution in [0.5, 0.6) is 0 Å². The van der Waals surface area contributed by atoms with Gasteiger partial charge in [0.1, 0.15) is 0 Å². The van der Waals surface area contributed by atoms with E-state index in [0.29, 0.717) is 0 Å². The van der Waals surface area contributed by atoms with Crippen LogP contribution in [0.4, 0.5) is 0 Å². The van der Waals surface area contributed by atoms with Gasteiger partial charge in [-0.2, -0.15) is 0 Å². The van der Waals surface area contributed by atoms with Crippen LogP contribution in [0, 0.1) is 17.8 Å². The van der Waals surface area contributed by atoms with Gasteiger partial charge in [0.05, 0.1) is 0 Å². The predicted molar refractivity (Wildman–Crippen MR) is 104 cm³/mol. The summed E-state index contributed by atoms with van der Waals surface area (Å²) in [6, 6.07) is 22.6. The molecule has 0 aliphatic heterocycles. The second kappa shape index (κ2) is 7.63. The van der Waals surface area contributed by atoms with Gasteiger partial charge in [-0.1, -0.05) is 87.9 Å². The summed E-state index contributed by atoms with van der Waals surface area (Å²) in [7, 11) is -0.267. The summed E-state index contributed by atoms with van der Waals surface area (Å²) >= 11 is 0. The van der Waals surface area contributed by atoms with Crippen LogP contribution in [0.2, 0.25) is 0 Å². The topological polar surface area (TPSA) is 0 Å². The molecule has 1 heteroatoms. The van der Waals surface area contributed by atoms with Gasteiger partial charge >= 0.3 is 0 Å². The van der Waals surface area contributed by atoms with E-state index in [4.69, 9.17) is 0 Å². The molecule has 1 aliphatic rings. The van der Waals surface area contributed by atoms with Crippen LogP contribution in [-0.2, 0) is 0 Å². The molecule has 0 N–H and O–H groups in total. The van der Waals surface area contributed by atoms with Gasteiger partial charge in [0.25, 0.3) is 0 Å². The monoisotopic (exact) mass is 324 g/mol. The molecule has 0 nitrogen and oxygen atoms in total. The lowest BCUT2D eigenvalue weighted by Gasteiger charge is -2.42. The van der Waals surface area contributed by atoms with Gasteiger partial charge in [-0.3, -0.25) is 0 Å². The normalized spacial score (nSPS) is 25.0. The van der Waals surface area contributed by atoms with Crippen LogP contribution in [0.3, 0.4) is 0 Å². The molecule has 0 aromatic heterocycles. The molecule has 0 bridgehead atoms. The Morgan fingerprint density at radius 2 is 1.35 bits per heavy atom. The van der Waals surface area contributed by atoms with Gasteiger partial charge in [0.2, 0.25) is 0 Å². The molecule has 3 rings (SSSR count). The lowest BCUT2D eigenvalue weighted by Crippen LogP contribution is -2.35. The van der Waals surface area contributed by atoms with Gasteiger partial charge < -0.3 is 0 Å². The minimum absolute atomic E-state index is 0.267. The predicted octanol–water partition coefficient (Wildman–Crippen LogP) is 5.58. The van der Waals surface area contributed by atoms with E-state index < -0.39 is 0 Å². The van der Waals surface area contributed by atoms with Crippen molar-refractivity contribution in [3.63, 3.8) is 0 Å². The second-order valence-electron chi connectivity index (χ2n) is 7.43. The molecule has 0 amide bonds. The van der Waals surface area contributed by atoms with E-state index in [2.05, 4.69) is 81.4 Å². The Hall–Kier alpha value is -1.13. The van der Waals surface area contributed by atoms with E-state index in [1.54, 1.807) is 10.6 Å². The summed E-state index contributed by atoms with van der Waals surface area (Å²) in [4.78, 5) is 0. The van der Waals surface area contributed by atoms with Crippen molar-refractivity contribution in [3.8, 4) is 0 Å². The lowest BCUT2D eigenvalue weighted by atomic mass is 9.77. The van der Waals surface area contributed by atoms with E-state index in [0.717, 1.165) is 23.4 Å². The summed E-state index contributed by atoms with van der Waals surface area (Å²) in [5, 5.41) is 3.11. The average Bonchev–Trinajstić information content (AvgIpc) is 2.57. The third-order valence-corrected chi connectivity index (χ3v) is 8.35. The zero-order valence-corrected chi connectivity index (χ0v) is 15.5. The maximum atomic E-state index is 2.45. The summed E-state index contributed by atoms with van der Waals surface area (Å²) < 4.78 is 0. The van der Waals surface area contributed by atoms with Gasteiger partial charge in [-0.05, 0) is 54.8 Å². The zero-order valence-electron chi connectivity index (χ0n) is 14.7. The van der Waals surface area contributed by atoms with Crippen LogP contribution >= 0.6 is 7.92 Å². The molecule has 0 saturated heterocycles. The molecule has 122 valence electrons. The van der Waals surface area contributed by atoms with E-state index in [1.165, 1.54) is 19.3 Å². The Morgan fingerprint density at radius 1 is 0.826 bits per heavy atom. The zero-order chi connectivity index (χ0) is 16.2. The Bertz CT molecular complexity index is 550. The van der Waals surface area contributed by atoms with Crippen LogP contribution in [0.25, 0.3) is 0 Å². The third kappa shape index (κ3) is 3.86. The average molecular weight is 324 g/mol. The Morgan fingerprint density at radius 3 is 1.83 bits per heavy atom. The first-order chi connectivity index (χ1) is 11.2. The molecule has 2 aromatic carbocycles. The van der Waals surface area contributed by atoms with Crippen LogP contribution < -0.4 is 10.6 Å². The van der Waals surface area contributed by atoms with Crippen molar-refractivity contribution >= 4 is 18.5 Å². The lowest BCUT2D eigenvalue weighted by molar-refractivity contribution is 0.242. The van der Waals surface area contributed by atoms with Gasteiger partial charge in [0, 0.05) is 0 Å². The maximum absolute atomic E-state index is 2.45. The molecule has 1 fully saturated rings. The molecule has 23 heavy (non-hydrogen) atoms. The van der Waals surface area contributed by atoms with Crippen molar-refractivity contribution in [2.24, 2.45) is 17.8 Å². The standard InChI is InChI=1S/C22H29P/c1-17(2)21-15-14-18(3)16-22(21)23(19-10-6-4-7-11-19)20-12-8-5-9-13-20/h4-13,17-18,21-22H,14-16H2,1-3H3/t18-,21+,22+/m1/s1. The molecule has 0 radical (unpaired) electrons. The fourth-order valence-corrected chi connectivity index (χ4v) is 7.66. The molecule has 1 aliphatic carbocycles. The largest absolute Gasteiger partial charge is 0.0625 e. The summed E-state index contributed by atoms with van der Waals surface area (Å²) in [6.07, 6.45) is 4.20. The van der Waals surface area contributed by atoms with Gasteiger partial charge in [-0.25, -0.2) is 0 Å². The number of rotatable bonds is 4. The molecule has 1 saturated carbocycles. The van der Waals surface area contributed by atoms with E-state index in [9.17, 15) is 0 Å². The van der Waals surface area contributed by atoms with E-state index in [-0.39, 0.29) is 7.92 Å². The van der Waals surface area contributed by atoms with Gasteiger partial charge in [-0.15, -0.1) is 0 Å². The Kier molecular flexibility index (Phi) is 5.54. The smallest absolute Gasteiger partial charge is 0.00955 e. The molecule has 3 atom stereocenters. The van der Waals surface area contributed by atoms with Crippen molar-refractivity contribution in [3.05, 3.63) is 60.7 Å². The second-order valence-corrected chi connectivity index (χ2v) is 9.87. The highest BCUT2D eigenvalue weighted by Gasteiger charge is 2.37. The highest BCUT2D eigenvalue weighted by Crippen LogP contribution is 2.51. The molecule has 2 aromatic rings. The summed E-state index contributed by atoms with van der Waals surface area (Å²) in [6.45, 7) is 7.31. The molecule has 0 spiro atoms. The summed E-state index contributed by atoms with van der Waals surface area (Å²) in [5.41, 5.74) is 0.818. The van der Waals surface area contributed by atoms with Crippen LogP contribution in [-0.4, -0.2) is 5.66 Å². The van der Waals surface area contributed by atoms with E-state index >= 15 is 0 Å². The molecular weight excluding hydrogens is 295 g/mol. The summed E-state index contributed by atoms with van der Waals surface area (Å²) in [5.74, 6) is 2.51. The van der Waals surface area contributed by atoms with Crippen LogP contribution in [0.15, 0.2) is 60.7 Å². The van der Waals surface area contributed by atoms with Crippen molar-refractivity contribution in [1.82, 2.24) is 0 Å². The quantitative estimate of drug-likeness (QED) is 0.644. The SMILES string of the molecule is CC(C)[C@@H]1CC[C@@H](C)C[C@@H]1P(c1ccccc1)c1ccccc1.